The van der Waals surface area contributed by atoms with Gasteiger partial charge in [0.25, 0.3) is 0 Å². The fourth-order valence-corrected chi connectivity index (χ4v) is 9.08. The Hall–Kier alpha value is -0.300. The highest BCUT2D eigenvalue weighted by atomic mass is 16.3. The van der Waals surface area contributed by atoms with Gasteiger partial charge in [0.05, 0.1) is 0 Å². The first-order valence-corrected chi connectivity index (χ1v) is 13.5. The summed E-state index contributed by atoms with van der Waals surface area (Å²) in [5.74, 6) is 4.58. The lowest BCUT2D eigenvalue weighted by Gasteiger charge is -2.61. The van der Waals surface area contributed by atoms with Crippen molar-refractivity contribution in [2.24, 2.45) is 51.8 Å². The lowest BCUT2D eigenvalue weighted by atomic mass is 9.43. The monoisotopic (exact) mass is 414 g/mol. The van der Waals surface area contributed by atoms with E-state index in [1.54, 1.807) is 0 Å². The van der Waals surface area contributed by atoms with E-state index < -0.39 is 0 Å². The van der Waals surface area contributed by atoms with E-state index in [1.165, 1.54) is 70.6 Å². The average molecular weight is 415 g/mol. The van der Waals surface area contributed by atoms with Crippen molar-refractivity contribution in [1.82, 2.24) is 0 Å². The summed E-state index contributed by atoms with van der Waals surface area (Å²) in [6.45, 7) is 15.5. The first-order chi connectivity index (χ1) is 14.2. The van der Waals surface area contributed by atoms with Crippen LogP contribution in [0.3, 0.4) is 0 Å². The normalized spacial score (nSPS) is 46.2. The molecule has 0 bridgehead atoms. The molecule has 0 aromatic carbocycles. The van der Waals surface area contributed by atoms with Gasteiger partial charge in [0.1, 0.15) is 0 Å². The summed E-state index contributed by atoms with van der Waals surface area (Å²) in [7, 11) is 0. The molecule has 3 fully saturated rings. The highest BCUT2D eigenvalue weighted by Gasteiger charge is 2.63. The summed E-state index contributed by atoms with van der Waals surface area (Å²) in [6, 6.07) is 0. The largest absolute Gasteiger partial charge is 0.396 e. The van der Waals surface area contributed by atoms with Crippen LogP contribution in [-0.4, -0.2) is 11.7 Å². The highest BCUT2D eigenvalue weighted by molar-refractivity contribution is 5.32. The molecular weight excluding hydrogens is 364 g/mol. The van der Waals surface area contributed by atoms with Gasteiger partial charge in [-0.2, -0.15) is 0 Å². The quantitative estimate of drug-likeness (QED) is 0.436. The summed E-state index contributed by atoms with van der Waals surface area (Å²) in [6.07, 6.45) is 18.4. The second kappa shape index (κ2) is 8.24. The lowest BCUT2D eigenvalue weighted by molar-refractivity contribution is -0.0416. The van der Waals surface area contributed by atoms with Crippen molar-refractivity contribution in [3.8, 4) is 0 Å². The maximum atomic E-state index is 9.52. The molecule has 172 valence electrons. The van der Waals surface area contributed by atoms with Gasteiger partial charge in [-0.25, -0.2) is 0 Å². The van der Waals surface area contributed by atoms with Crippen molar-refractivity contribution in [2.45, 2.75) is 112 Å². The van der Waals surface area contributed by atoms with E-state index in [4.69, 9.17) is 0 Å². The zero-order chi connectivity index (χ0) is 21.7. The van der Waals surface area contributed by atoms with Crippen LogP contribution in [-0.2, 0) is 0 Å². The van der Waals surface area contributed by atoms with Gasteiger partial charge >= 0.3 is 0 Å². The molecule has 4 aliphatic carbocycles. The standard InChI is InChI=1S/C29H50O/c1-20(22(3)19-30)10-11-21(2)24-14-17-29(6)26-13-12-23-9-7-8-16-27(23,4)25(26)15-18-28(24,29)5/h13,20-25,30H,7-12,14-19H2,1-6H3/t20-,21+,22?,23?,24+,25-,27-,28+,29-/m0/s1. The second-order valence-corrected chi connectivity index (χ2v) is 13.0. The Morgan fingerprint density at radius 1 is 0.933 bits per heavy atom. The Labute approximate surface area is 187 Å². The number of aliphatic hydroxyl groups excluding tert-OH is 1. The van der Waals surface area contributed by atoms with E-state index in [1.807, 2.05) is 5.57 Å². The molecule has 1 nitrogen and oxygen atoms in total. The summed E-state index contributed by atoms with van der Waals surface area (Å²) in [5, 5.41) is 9.52. The predicted octanol–water partition coefficient (Wildman–Crippen LogP) is 8.03. The van der Waals surface area contributed by atoms with E-state index in [2.05, 4.69) is 47.6 Å². The fourth-order valence-electron chi connectivity index (χ4n) is 9.08. The molecule has 0 aliphatic heterocycles. The Bertz CT molecular complexity index is 651. The fraction of sp³-hybridized carbons (Fsp3) is 0.931. The highest BCUT2D eigenvalue weighted by Crippen LogP contribution is 2.72. The molecule has 2 unspecified atom stereocenters. The van der Waals surface area contributed by atoms with Gasteiger partial charge in [-0.1, -0.05) is 78.9 Å². The molecule has 0 amide bonds. The first kappa shape index (κ1) is 22.9. The van der Waals surface area contributed by atoms with Crippen LogP contribution in [0.2, 0.25) is 0 Å². The van der Waals surface area contributed by atoms with Crippen LogP contribution in [0.15, 0.2) is 11.6 Å². The molecule has 0 heterocycles. The molecule has 1 N–H and O–H groups in total. The number of aliphatic hydroxyl groups is 1. The molecule has 4 aliphatic rings. The molecule has 0 spiro atoms. The Kier molecular flexibility index (Phi) is 6.28. The van der Waals surface area contributed by atoms with Crippen molar-refractivity contribution in [3.63, 3.8) is 0 Å². The van der Waals surface area contributed by atoms with E-state index in [9.17, 15) is 5.11 Å². The minimum absolute atomic E-state index is 0.337. The third-order valence-electron chi connectivity index (χ3n) is 11.9. The second-order valence-electron chi connectivity index (χ2n) is 13.0. The van der Waals surface area contributed by atoms with Crippen molar-refractivity contribution >= 4 is 0 Å². The maximum absolute atomic E-state index is 9.52. The van der Waals surface area contributed by atoms with Crippen LogP contribution in [0.25, 0.3) is 0 Å². The lowest BCUT2D eigenvalue weighted by Crippen LogP contribution is -2.52. The topological polar surface area (TPSA) is 20.2 Å². The Balaban J connectivity index is 1.53. The number of rotatable bonds is 6. The zero-order valence-corrected chi connectivity index (χ0v) is 21.0. The summed E-state index contributed by atoms with van der Waals surface area (Å²) in [4.78, 5) is 0. The van der Waals surface area contributed by atoms with Crippen molar-refractivity contribution < 1.29 is 5.11 Å². The van der Waals surface area contributed by atoms with Crippen molar-refractivity contribution in [1.29, 1.82) is 0 Å². The SMILES string of the molecule is CC(CO)[C@@H](C)CC[C@@H](C)[C@H]1CC[C@@]2(C)C3=CCC4CCCC[C@]4(C)[C@H]3CC[C@]12C. The van der Waals surface area contributed by atoms with Crippen LogP contribution >= 0.6 is 0 Å². The smallest absolute Gasteiger partial charge is 0.0459 e. The van der Waals surface area contributed by atoms with Crippen molar-refractivity contribution in [3.05, 3.63) is 11.6 Å². The zero-order valence-electron chi connectivity index (χ0n) is 21.0. The minimum Gasteiger partial charge on any atom is -0.396 e. The van der Waals surface area contributed by atoms with Crippen LogP contribution in [0, 0.1) is 51.8 Å². The van der Waals surface area contributed by atoms with Gasteiger partial charge in [-0.15, -0.1) is 0 Å². The van der Waals surface area contributed by atoms with E-state index in [0.29, 0.717) is 34.7 Å². The molecule has 0 aromatic heterocycles. The molecule has 0 aromatic rings. The first-order valence-electron chi connectivity index (χ1n) is 13.5. The van der Waals surface area contributed by atoms with Crippen LogP contribution in [0.5, 0.6) is 0 Å². The molecule has 9 atom stereocenters. The number of allylic oxidation sites excluding steroid dienone is 2. The van der Waals surface area contributed by atoms with Crippen LogP contribution < -0.4 is 0 Å². The van der Waals surface area contributed by atoms with Gasteiger partial charge < -0.3 is 5.11 Å². The maximum Gasteiger partial charge on any atom is 0.0459 e. The third-order valence-corrected chi connectivity index (χ3v) is 11.9. The van der Waals surface area contributed by atoms with Gasteiger partial charge in [0.15, 0.2) is 0 Å². The molecule has 1 heteroatoms. The van der Waals surface area contributed by atoms with E-state index in [-0.39, 0.29) is 0 Å². The molecule has 3 saturated carbocycles. The number of hydrogen-bond donors (Lipinski definition) is 1. The molecular formula is C29H50O. The Morgan fingerprint density at radius 3 is 2.43 bits per heavy atom. The van der Waals surface area contributed by atoms with Gasteiger partial charge in [-0.3, -0.25) is 0 Å². The number of hydrogen-bond acceptors (Lipinski definition) is 1. The van der Waals surface area contributed by atoms with Gasteiger partial charge in [0, 0.05) is 6.61 Å². The molecule has 4 rings (SSSR count). The predicted molar refractivity (Wildman–Crippen MR) is 128 cm³/mol. The number of fused-ring (bicyclic) bond motifs is 5. The summed E-state index contributed by atoms with van der Waals surface area (Å²) >= 11 is 0. The summed E-state index contributed by atoms with van der Waals surface area (Å²) in [5.41, 5.74) is 3.42. The van der Waals surface area contributed by atoms with E-state index in [0.717, 1.165) is 23.7 Å². The van der Waals surface area contributed by atoms with Crippen LogP contribution in [0.1, 0.15) is 112 Å². The van der Waals surface area contributed by atoms with Gasteiger partial charge in [0.2, 0.25) is 0 Å². The minimum atomic E-state index is 0.337. The van der Waals surface area contributed by atoms with Crippen molar-refractivity contribution in [2.75, 3.05) is 6.61 Å². The Morgan fingerprint density at radius 2 is 1.70 bits per heavy atom. The molecule has 0 radical (unpaired) electrons. The molecule has 30 heavy (non-hydrogen) atoms. The van der Waals surface area contributed by atoms with E-state index >= 15 is 0 Å². The molecule has 0 saturated heterocycles. The average Bonchev–Trinajstić information content (AvgIpc) is 3.02. The third kappa shape index (κ3) is 3.36. The summed E-state index contributed by atoms with van der Waals surface area (Å²) < 4.78 is 0. The van der Waals surface area contributed by atoms with Crippen LogP contribution in [0.4, 0.5) is 0 Å². The van der Waals surface area contributed by atoms with Gasteiger partial charge in [-0.05, 0) is 96.7 Å².